The van der Waals surface area contributed by atoms with E-state index < -0.39 is 0 Å². The van der Waals surface area contributed by atoms with E-state index in [-0.39, 0.29) is 0 Å². The summed E-state index contributed by atoms with van der Waals surface area (Å²) in [5.41, 5.74) is 4.91. The van der Waals surface area contributed by atoms with Crippen molar-refractivity contribution in [3.8, 4) is 0 Å². The molecule has 0 N–H and O–H groups in total. The number of hydrogen-bond donors (Lipinski definition) is 0. The molecule has 0 amide bonds. The van der Waals surface area contributed by atoms with Crippen LogP contribution < -0.4 is 0 Å². The van der Waals surface area contributed by atoms with Crippen LogP contribution in [0.4, 0.5) is 0 Å². The van der Waals surface area contributed by atoms with Crippen molar-refractivity contribution in [1.82, 2.24) is 0 Å². The van der Waals surface area contributed by atoms with Crippen molar-refractivity contribution in [2.45, 2.75) is 42.8 Å². The highest BCUT2D eigenvalue weighted by Crippen LogP contribution is 2.49. The first-order valence-corrected chi connectivity index (χ1v) is 6.53. The third-order valence-corrected chi connectivity index (χ3v) is 4.58. The number of benzene rings is 1. The average molecular weight is 251 g/mol. The van der Waals surface area contributed by atoms with Gasteiger partial charge in [0.2, 0.25) is 0 Å². The fourth-order valence-corrected chi connectivity index (χ4v) is 3.94. The molecular weight excluding hydrogens is 236 g/mol. The van der Waals surface area contributed by atoms with Gasteiger partial charge in [-0.05, 0) is 48.3 Å². The summed E-state index contributed by atoms with van der Waals surface area (Å²) in [5.74, 6) is 0.855. The Balaban J connectivity index is 2.17. The van der Waals surface area contributed by atoms with E-state index in [2.05, 4.69) is 34.1 Å². The van der Waals surface area contributed by atoms with Gasteiger partial charge >= 0.3 is 0 Å². The maximum atomic E-state index is 3.81. The number of alkyl halides is 1. The van der Waals surface area contributed by atoms with Gasteiger partial charge in [-0.2, -0.15) is 0 Å². The molecule has 2 atom stereocenters. The van der Waals surface area contributed by atoms with Gasteiger partial charge < -0.3 is 0 Å². The van der Waals surface area contributed by atoms with Crippen LogP contribution in [0.1, 0.15) is 53.1 Å². The van der Waals surface area contributed by atoms with Crippen molar-refractivity contribution in [1.29, 1.82) is 0 Å². The van der Waals surface area contributed by atoms with E-state index in [9.17, 15) is 0 Å². The Morgan fingerprint density at radius 3 is 3.07 bits per heavy atom. The van der Waals surface area contributed by atoms with Crippen LogP contribution in [0.15, 0.2) is 18.2 Å². The second-order valence-corrected chi connectivity index (χ2v) is 5.67. The SMILES string of the molecule is BrC1CC2CCCCc3cccc1c32. The van der Waals surface area contributed by atoms with Crippen LogP contribution in [0.2, 0.25) is 0 Å². The first kappa shape index (κ1) is 8.96. The molecule has 0 bridgehead atoms. The fraction of sp³-hybridized carbons (Fsp3) is 0.538. The predicted molar refractivity (Wildman–Crippen MR) is 63.0 cm³/mol. The zero-order chi connectivity index (χ0) is 9.54. The molecule has 1 aromatic carbocycles. The Hall–Kier alpha value is -0.300. The van der Waals surface area contributed by atoms with Gasteiger partial charge in [-0.1, -0.05) is 40.5 Å². The summed E-state index contributed by atoms with van der Waals surface area (Å²) in [6, 6.07) is 6.88. The van der Waals surface area contributed by atoms with E-state index in [1.165, 1.54) is 32.1 Å². The molecule has 1 heteroatoms. The highest BCUT2D eigenvalue weighted by Gasteiger charge is 2.31. The van der Waals surface area contributed by atoms with Gasteiger partial charge in [0.1, 0.15) is 0 Å². The zero-order valence-electron chi connectivity index (χ0n) is 8.30. The third kappa shape index (κ3) is 1.25. The van der Waals surface area contributed by atoms with Crippen molar-refractivity contribution in [2.75, 3.05) is 0 Å². The molecule has 0 nitrogen and oxygen atoms in total. The topological polar surface area (TPSA) is 0 Å². The van der Waals surface area contributed by atoms with Crippen LogP contribution in [0.25, 0.3) is 0 Å². The van der Waals surface area contributed by atoms with Gasteiger partial charge in [-0.3, -0.25) is 0 Å². The normalized spacial score (nSPS) is 29.8. The third-order valence-electron chi connectivity index (χ3n) is 3.72. The van der Waals surface area contributed by atoms with E-state index in [1.54, 1.807) is 16.7 Å². The van der Waals surface area contributed by atoms with Crippen LogP contribution in [-0.4, -0.2) is 0 Å². The average Bonchev–Trinajstić information content (AvgIpc) is 2.41. The largest absolute Gasteiger partial charge is 0.0838 e. The second-order valence-electron chi connectivity index (χ2n) is 4.57. The van der Waals surface area contributed by atoms with Gasteiger partial charge in [-0.15, -0.1) is 0 Å². The Morgan fingerprint density at radius 2 is 2.14 bits per heavy atom. The molecule has 2 aliphatic rings. The molecule has 0 spiro atoms. The summed E-state index contributed by atoms with van der Waals surface area (Å²) in [4.78, 5) is 0.626. The minimum Gasteiger partial charge on any atom is -0.0838 e. The van der Waals surface area contributed by atoms with Crippen molar-refractivity contribution < 1.29 is 0 Å². The molecule has 2 aliphatic carbocycles. The summed E-state index contributed by atoms with van der Waals surface area (Å²) in [5, 5.41) is 0. The molecule has 1 aromatic rings. The maximum absolute atomic E-state index is 3.81. The summed E-state index contributed by atoms with van der Waals surface area (Å²) < 4.78 is 0. The Kier molecular flexibility index (Phi) is 2.16. The molecule has 0 fully saturated rings. The highest BCUT2D eigenvalue weighted by atomic mass is 79.9. The van der Waals surface area contributed by atoms with Gasteiger partial charge in [-0.25, -0.2) is 0 Å². The first-order chi connectivity index (χ1) is 6.86. The lowest BCUT2D eigenvalue weighted by molar-refractivity contribution is 0.587. The van der Waals surface area contributed by atoms with Crippen molar-refractivity contribution in [3.05, 3.63) is 34.9 Å². The first-order valence-electron chi connectivity index (χ1n) is 5.62. The zero-order valence-corrected chi connectivity index (χ0v) is 9.89. The molecule has 0 heterocycles. The van der Waals surface area contributed by atoms with Crippen molar-refractivity contribution in [3.63, 3.8) is 0 Å². The number of halogens is 1. The molecule has 0 radical (unpaired) electrons. The van der Waals surface area contributed by atoms with Crippen LogP contribution in [0.5, 0.6) is 0 Å². The van der Waals surface area contributed by atoms with Crippen LogP contribution in [-0.2, 0) is 6.42 Å². The molecule has 3 rings (SSSR count). The van der Waals surface area contributed by atoms with Crippen molar-refractivity contribution >= 4 is 15.9 Å². The van der Waals surface area contributed by atoms with E-state index in [4.69, 9.17) is 0 Å². The van der Waals surface area contributed by atoms with Crippen LogP contribution >= 0.6 is 15.9 Å². The molecule has 14 heavy (non-hydrogen) atoms. The second kappa shape index (κ2) is 3.37. The molecule has 74 valence electrons. The lowest BCUT2D eigenvalue weighted by atomic mass is 9.95. The molecule has 0 saturated carbocycles. The van der Waals surface area contributed by atoms with Crippen molar-refractivity contribution in [2.24, 2.45) is 0 Å². The monoisotopic (exact) mass is 250 g/mol. The lowest BCUT2D eigenvalue weighted by Crippen LogP contribution is -1.94. The molecule has 2 unspecified atom stereocenters. The van der Waals surface area contributed by atoms with E-state index in [0.717, 1.165) is 5.92 Å². The Bertz CT molecular complexity index is 356. The minimum atomic E-state index is 0.626. The van der Waals surface area contributed by atoms with E-state index in [1.807, 2.05) is 0 Å². The van der Waals surface area contributed by atoms with Gasteiger partial charge in [0.05, 0.1) is 0 Å². The number of aryl methyl sites for hydroxylation is 1. The summed E-state index contributed by atoms with van der Waals surface area (Å²) >= 11 is 3.81. The van der Waals surface area contributed by atoms with Gasteiger partial charge in [0.15, 0.2) is 0 Å². The van der Waals surface area contributed by atoms with E-state index in [0.29, 0.717) is 4.83 Å². The number of hydrogen-bond acceptors (Lipinski definition) is 0. The molecule has 0 saturated heterocycles. The van der Waals surface area contributed by atoms with Gasteiger partial charge in [0.25, 0.3) is 0 Å². The predicted octanol–water partition coefficient (Wildman–Crippen LogP) is 4.34. The summed E-state index contributed by atoms with van der Waals surface area (Å²) in [6.07, 6.45) is 6.84. The van der Waals surface area contributed by atoms with Crippen LogP contribution in [0, 0.1) is 0 Å². The summed E-state index contributed by atoms with van der Waals surface area (Å²) in [7, 11) is 0. The van der Waals surface area contributed by atoms with Gasteiger partial charge in [0, 0.05) is 4.83 Å². The highest BCUT2D eigenvalue weighted by molar-refractivity contribution is 9.09. The fourth-order valence-electron chi connectivity index (χ4n) is 3.08. The smallest absolute Gasteiger partial charge is 0.0404 e. The Labute approximate surface area is 93.8 Å². The lowest BCUT2D eigenvalue weighted by Gasteiger charge is -2.10. The maximum Gasteiger partial charge on any atom is 0.0404 e. The quantitative estimate of drug-likeness (QED) is 0.602. The minimum absolute atomic E-state index is 0.626. The molecule has 0 aromatic heterocycles. The number of rotatable bonds is 0. The molecular formula is C13H15Br. The molecule has 0 aliphatic heterocycles. The summed E-state index contributed by atoms with van der Waals surface area (Å²) in [6.45, 7) is 0. The van der Waals surface area contributed by atoms with Crippen LogP contribution in [0.3, 0.4) is 0 Å². The Morgan fingerprint density at radius 1 is 1.21 bits per heavy atom. The standard InChI is InChI=1S/C13H15Br/c14-12-8-10-5-2-1-4-9-6-3-7-11(12)13(9)10/h3,6-7,10,12H,1-2,4-5,8H2. The van der Waals surface area contributed by atoms with E-state index >= 15 is 0 Å².